The van der Waals surface area contributed by atoms with Crippen LogP contribution in [-0.4, -0.2) is 25.3 Å². The Labute approximate surface area is 129 Å². The molecule has 2 aromatic rings. The second-order valence-corrected chi connectivity index (χ2v) is 7.11. The summed E-state index contributed by atoms with van der Waals surface area (Å²) in [7, 11) is -4.06. The van der Waals surface area contributed by atoms with Gasteiger partial charge in [0.1, 0.15) is 11.4 Å². The normalized spacial score (nSPS) is 15.9. The maximum atomic E-state index is 13.5. The van der Waals surface area contributed by atoms with Gasteiger partial charge in [-0.2, -0.15) is 8.42 Å². The van der Waals surface area contributed by atoms with Crippen LogP contribution in [-0.2, 0) is 16.5 Å². The number of quaternary nitrogens is 1. The molecule has 6 heteroatoms. The molecule has 0 radical (unpaired) electrons. The minimum Gasteiger partial charge on any atom is -0.622 e. The molecule has 1 aliphatic rings. The third kappa shape index (κ3) is 2.78. The van der Waals surface area contributed by atoms with Crippen molar-refractivity contribution in [3.63, 3.8) is 0 Å². The molecule has 0 aliphatic carbocycles. The summed E-state index contributed by atoms with van der Waals surface area (Å²) < 4.78 is 30.0. The predicted molar refractivity (Wildman–Crippen MR) is 86.4 cm³/mol. The largest absolute Gasteiger partial charge is 0.622 e. The van der Waals surface area contributed by atoms with E-state index in [1.54, 1.807) is 12.1 Å². The van der Waals surface area contributed by atoms with E-state index < -0.39 is 20.5 Å². The average Bonchev–Trinajstić information content (AvgIpc) is 2.46. The maximum absolute atomic E-state index is 13.5. The molecular formula is C16H17NO4S. The summed E-state index contributed by atoms with van der Waals surface area (Å²) in [5.74, 6) is -0.403. The van der Waals surface area contributed by atoms with E-state index in [1.807, 2.05) is 36.4 Å². The molecule has 0 atom stereocenters. The van der Waals surface area contributed by atoms with E-state index in [1.165, 1.54) is 0 Å². The van der Waals surface area contributed by atoms with Crippen molar-refractivity contribution in [1.82, 2.24) is 4.65 Å². The predicted octanol–water partition coefficient (Wildman–Crippen LogP) is 3.01. The molecule has 3 rings (SSSR count). The molecule has 0 unspecified atom stereocenters. The zero-order valence-electron chi connectivity index (χ0n) is 12.0. The van der Waals surface area contributed by atoms with E-state index in [4.69, 9.17) is 4.55 Å². The van der Waals surface area contributed by atoms with Crippen molar-refractivity contribution in [3.8, 4) is 0 Å². The Bertz CT molecular complexity index is 756. The Morgan fingerprint density at radius 1 is 1.00 bits per heavy atom. The summed E-state index contributed by atoms with van der Waals surface area (Å²) in [6, 6.07) is 14.9. The highest BCUT2D eigenvalue weighted by atomic mass is 32.2. The van der Waals surface area contributed by atoms with Crippen molar-refractivity contribution in [3.05, 3.63) is 64.9 Å². The standard InChI is InChI=1S/C16H17NO4S/c18-17(10-5-11-22(19,20)21)15-8-3-1-6-13(15)12-14-7-2-4-9-16(14)17/h1-4,6-9H,5,10-12H2,(H,19,20,21). The van der Waals surface area contributed by atoms with Crippen LogP contribution < -0.4 is 4.65 Å². The molecule has 0 bridgehead atoms. The minimum atomic E-state index is -4.06. The fourth-order valence-electron chi connectivity index (χ4n) is 3.07. The first-order chi connectivity index (χ1) is 10.4. The molecule has 1 heterocycles. The Hall–Kier alpha value is -1.73. The van der Waals surface area contributed by atoms with Gasteiger partial charge in [0.05, 0.1) is 12.3 Å². The van der Waals surface area contributed by atoms with Gasteiger partial charge in [-0.1, -0.05) is 36.4 Å². The number of benzene rings is 2. The minimum absolute atomic E-state index is 0.0772. The number of hydrogen-bond acceptors (Lipinski definition) is 3. The summed E-state index contributed by atoms with van der Waals surface area (Å²) in [5, 5.41) is 13.5. The summed E-state index contributed by atoms with van der Waals surface area (Å²) in [6.07, 6.45) is 0.803. The lowest BCUT2D eigenvalue weighted by Gasteiger charge is -2.46. The first-order valence-electron chi connectivity index (χ1n) is 7.11. The van der Waals surface area contributed by atoms with Crippen molar-refractivity contribution in [2.45, 2.75) is 12.8 Å². The van der Waals surface area contributed by atoms with Crippen molar-refractivity contribution in [2.75, 3.05) is 12.3 Å². The SMILES string of the molecule is O=S(=O)(O)CCC[N+]1([O-])c2ccccc2Cc2ccccc21. The number of para-hydroxylation sites is 2. The van der Waals surface area contributed by atoms with Crippen molar-refractivity contribution < 1.29 is 13.0 Å². The van der Waals surface area contributed by atoms with Crippen LogP contribution in [0.15, 0.2) is 48.5 Å². The molecular weight excluding hydrogens is 302 g/mol. The fourth-order valence-corrected chi connectivity index (χ4v) is 3.56. The average molecular weight is 319 g/mol. The smallest absolute Gasteiger partial charge is 0.265 e. The summed E-state index contributed by atoms with van der Waals surface area (Å²) in [5.41, 5.74) is 3.22. The lowest BCUT2D eigenvalue weighted by atomic mass is 9.95. The van der Waals surface area contributed by atoms with Crippen LogP contribution in [0.25, 0.3) is 0 Å². The van der Waals surface area contributed by atoms with E-state index in [0.717, 1.165) is 11.1 Å². The van der Waals surface area contributed by atoms with Crippen LogP contribution in [0.1, 0.15) is 17.5 Å². The molecule has 0 amide bonds. The van der Waals surface area contributed by atoms with Gasteiger partial charge in [0.2, 0.25) is 0 Å². The molecule has 0 spiro atoms. The molecule has 116 valence electrons. The zero-order valence-corrected chi connectivity index (χ0v) is 12.8. The lowest BCUT2D eigenvalue weighted by molar-refractivity contribution is 0.461. The van der Waals surface area contributed by atoms with Gasteiger partial charge in [0, 0.05) is 36.1 Å². The van der Waals surface area contributed by atoms with Gasteiger partial charge in [-0.3, -0.25) is 9.20 Å². The van der Waals surface area contributed by atoms with Crippen LogP contribution >= 0.6 is 0 Å². The molecule has 0 saturated heterocycles. The summed E-state index contributed by atoms with van der Waals surface area (Å²) >= 11 is 0. The molecule has 5 nitrogen and oxygen atoms in total. The Balaban J connectivity index is 2.01. The monoisotopic (exact) mass is 319 g/mol. The van der Waals surface area contributed by atoms with Gasteiger partial charge in [-0.25, -0.2) is 0 Å². The Morgan fingerprint density at radius 2 is 1.50 bits per heavy atom. The van der Waals surface area contributed by atoms with E-state index in [-0.39, 0.29) is 13.0 Å². The number of nitrogens with zero attached hydrogens (tertiary/aromatic N) is 1. The third-order valence-electron chi connectivity index (χ3n) is 4.02. The number of hydrogen-bond donors (Lipinski definition) is 1. The highest BCUT2D eigenvalue weighted by molar-refractivity contribution is 7.85. The Kier molecular flexibility index (Phi) is 3.78. The number of rotatable bonds is 4. The number of hydroxylamine groups is 1. The van der Waals surface area contributed by atoms with Crippen LogP contribution in [0.3, 0.4) is 0 Å². The van der Waals surface area contributed by atoms with Gasteiger partial charge in [0.25, 0.3) is 10.1 Å². The Morgan fingerprint density at radius 3 is 2.00 bits per heavy atom. The van der Waals surface area contributed by atoms with E-state index in [0.29, 0.717) is 17.8 Å². The quantitative estimate of drug-likeness (QED) is 0.534. The van der Waals surface area contributed by atoms with Crippen LogP contribution in [0, 0.1) is 5.21 Å². The van der Waals surface area contributed by atoms with Gasteiger partial charge < -0.3 is 5.21 Å². The van der Waals surface area contributed by atoms with E-state index >= 15 is 0 Å². The van der Waals surface area contributed by atoms with Crippen molar-refractivity contribution in [1.29, 1.82) is 0 Å². The lowest BCUT2D eigenvalue weighted by Crippen LogP contribution is -2.42. The molecule has 0 saturated carbocycles. The second kappa shape index (κ2) is 5.48. The highest BCUT2D eigenvalue weighted by Gasteiger charge is 2.33. The van der Waals surface area contributed by atoms with Crippen molar-refractivity contribution >= 4 is 21.5 Å². The summed E-state index contributed by atoms with van der Waals surface area (Å²) in [6.45, 7) is 0.0772. The molecule has 22 heavy (non-hydrogen) atoms. The van der Waals surface area contributed by atoms with Crippen molar-refractivity contribution in [2.24, 2.45) is 0 Å². The van der Waals surface area contributed by atoms with Crippen LogP contribution in [0.2, 0.25) is 0 Å². The third-order valence-corrected chi connectivity index (χ3v) is 4.82. The first kappa shape index (κ1) is 15.2. The molecule has 0 aromatic heterocycles. The van der Waals surface area contributed by atoms with Crippen LogP contribution in [0.4, 0.5) is 11.4 Å². The zero-order chi connectivity index (χ0) is 15.8. The number of fused-ring (bicyclic) bond motifs is 2. The van der Waals surface area contributed by atoms with E-state index in [9.17, 15) is 13.6 Å². The van der Waals surface area contributed by atoms with Crippen LogP contribution in [0.5, 0.6) is 0 Å². The van der Waals surface area contributed by atoms with Gasteiger partial charge >= 0.3 is 0 Å². The topological polar surface area (TPSA) is 77.4 Å². The van der Waals surface area contributed by atoms with E-state index in [2.05, 4.69) is 0 Å². The summed E-state index contributed by atoms with van der Waals surface area (Å²) in [4.78, 5) is 0. The second-order valence-electron chi connectivity index (χ2n) is 5.54. The maximum Gasteiger partial charge on any atom is 0.265 e. The highest BCUT2D eigenvalue weighted by Crippen LogP contribution is 2.44. The van der Waals surface area contributed by atoms with Gasteiger partial charge in [0.15, 0.2) is 0 Å². The fraction of sp³-hybridized carbons (Fsp3) is 0.250. The molecule has 1 N–H and O–H groups in total. The van der Waals surface area contributed by atoms with Gasteiger partial charge in [-0.05, 0) is 0 Å². The molecule has 1 aliphatic heterocycles. The van der Waals surface area contributed by atoms with Gasteiger partial charge in [-0.15, -0.1) is 0 Å². The molecule has 2 aromatic carbocycles. The first-order valence-corrected chi connectivity index (χ1v) is 8.72. The molecule has 0 fully saturated rings.